The molecule has 1 heterocycles. The highest BCUT2D eigenvalue weighted by Gasteiger charge is 2.28. The first kappa shape index (κ1) is 13.0. The SMILES string of the molecule is NCc1cc(F)c(OCc2nc(C3CC3)no2)c(F)c1. The number of nitrogens with two attached hydrogens (primary N) is 1. The van der Waals surface area contributed by atoms with Crippen molar-refractivity contribution in [2.75, 3.05) is 0 Å². The molecule has 1 saturated carbocycles. The molecule has 1 fully saturated rings. The molecule has 0 radical (unpaired) electrons. The van der Waals surface area contributed by atoms with Crippen LogP contribution >= 0.6 is 0 Å². The number of aromatic nitrogens is 2. The van der Waals surface area contributed by atoms with E-state index >= 15 is 0 Å². The van der Waals surface area contributed by atoms with Gasteiger partial charge in [-0.2, -0.15) is 4.98 Å². The van der Waals surface area contributed by atoms with E-state index in [1.807, 2.05) is 0 Å². The summed E-state index contributed by atoms with van der Waals surface area (Å²) in [4.78, 5) is 4.11. The summed E-state index contributed by atoms with van der Waals surface area (Å²) in [5.41, 5.74) is 5.69. The van der Waals surface area contributed by atoms with E-state index in [-0.39, 0.29) is 19.0 Å². The maximum atomic E-state index is 13.7. The van der Waals surface area contributed by atoms with E-state index in [1.54, 1.807) is 0 Å². The first-order valence-corrected chi connectivity index (χ1v) is 6.30. The van der Waals surface area contributed by atoms with Crippen molar-refractivity contribution in [3.05, 3.63) is 41.0 Å². The van der Waals surface area contributed by atoms with Crippen molar-refractivity contribution in [1.29, 1.82) is 0 Å². The summed E-state index contributed by atoms with van der Waals surface area (Å²) in [6.07, 6.45) is 2.09. The molecule has 3 rings (SSSR count). The summed E-state index contributed by atoms with van der Waals surface area (Å²) >= 11 is 0. The van der Waals surface area contributed by atoms with E-state index in [0.29, 0.717) is 17.3 Å². The van der Waals surface area contributed by atoms with Crippen molar-refractivity contribution in [2.24, 2.45) is 5.73 Å². The highest BCUT2D eigenvalue weighted by molar-refractivity contribution is 5.31. The van der Waals surface area contributed by atoms with Crippen LogP contribution in [0.4, 0.5) is 8.78 Å². The third-order valence-corrected chi connectivity index (χ3v) is 3.06. The molecule has 0 amide bonds. The maximum absolute atomic E-state index is 13.7. The van der Waals surface area contributed by atoms with E-state index in [9.17, 15) is 8.78 Å². The lowest BCUT2D eigenvalue weighted by atomic mass is 10.2. The van der Waals surface area contributed by atoms with Crippen LogP contribution in [0.2, 0.25) is 0 Å². The molecule has 106 valence electrons. The van der Waals surface area contributed by atoms with E-state index in [2.05, 4.69) is 10.1 Å². The Morgan fingerprint density at radius 1 is 1.30 bits per heavy atom. The number of hydrogen-bond acceptors (Lipinski definition) is 5. The van der Waals surface area contributed by atoms with Crippen LogP contribution in [0.3, 0.4) is 0 Å². The van der Waals surface area contributed by atoms with E-state index < -0.39 is 17.4 Å². The van der Waals surface area contributed by atoms with Crippen LogP contribution in [0.5, 0.6) is 5.75 Å². The Balaban J connectivity index is 1.70. The quantitative estimate of drug-likeness (QED) is 0.910. The monoisotopic (exact) mass is 281 g/mol. The summed E-state index contributed by atoms with van der Waals surface area (Å²) in [5, 5.41) is 3.79. The van der Waals surface area contributed by atoms with Crippen molar-refractivity contribution in [3.8, 4) is 5.75 Å². The number of benzene rings is 1. The van der Waals surface area contributed by atoms with Crippen molar-refractivity contribution in [2.45, 2.75) is 31.9 Å². The average molecular weight is 281 g/mol. The Morgan fingerprint density at radius 2 is 2.00 bits per heavy atom. The van der Waals surface area contributed by atoms with Crippen molar-refractivity contribution in [1.82, 2.24) is 10.1 Å². The molecule has 0 bridgehead atoms. The van der Waals surface area contributed by atoms with Gasteiger partial charge in [-0.25, -0.2) is 8.78 Å². The third kappa shape index (κ3) is 2.62. The Labute approximate surface area is 113 Å². The van der Waals surface area contributed by atoms with E-state index in [0.717, 1.165) is 25.0 Å². The Morgan fingerprint density at radius 3 is 2.60 bits per heavy atom. The van der Waals surface area contributed by atoms with E-state index in [4.69, 9.17) is 15.0 Å². The predicted octanol–water partition coefficient (Wildman–Crippen LogP) is 2.26. The van der Waals surface area contributed by atoms with Gasteiger partial charge in [0, 0.05) is 12.5 Å². The van der Waals surface area contributed by atoms with Crippen LogP contribution in [0.1, 0.15) is 36.0 Å². The molecule has 1 aromatic heterocycles. The first-order chi connectivity index (χ1) is 9.67. The molecule has 20 heavy (non-hydrogen) atoms. The summed E-state index contributed by atoms with van der Waals surface area (Å²) in [6.45, 7) is -0.113. The summed E-state index contributed by atoms with van der Waals surface area (Å²) in [7, 11) is 0. The lowest BCUT2D eigenvalue weighted by Gasteiger charge is -2.07. The number of nitrogens with zero attached hydrogens (tertiary/aromatic N) is 2. The zero-order valence-corrected chi connectivity index (χ0v) is 10.6. The lowest BCUT2D eigenvalue weighted by molar-refractivity contribution is 0.224. The molecule has 0 spiro atoms. The molecule has 0 saturated heterocycles. The van der Waals surface area contributed by atoms with Gasteiger partial charge in [0.2, 0.25) is 0 Å². The van der Waals surface area contributed by atoms with Crippen molar-refractivity contribution in [3.63, 3.8) is 0 Å². The van der Waals surface area contributed by atoms with Crippen LogP contribution in [0.15, 0.2) is 16.7 Å². The predicted molar refractivity (Wildman–Crippen MR) is 64.9 cm³/mol. The van der Waals surface area contributed by atoms with Gasteiger partial charge in [0.05, 0.1) is 0 Å². The summed E-state index contributed by atoms with van der Waals surface area (Å²) in [5.74, 6) is -0.880. The van der Waals surface area contributed by atoms with Crippen LogP contribution in [0.25, 0.3) is 0 Å². The van der Waals surface area contributed by atoms with Gasteiger partial charge in [0.1, 0.15) is 0 Å². The van der Waals surface area contributed by atoms with Gasteiger partial charge in [0.25, 0.3) is 5.89 Å². The normalized spacial score (nSPS) is 14.6. The molecule has 7 heteroatoms. The van der Waals surface area contributed by atoms with Gasteiger partial charge in [-0.3, -0.25) is 0 Å². The minimum atomic E-state index is -0.799. The largest absolute Gasteiger partial charge is 0.478 e. The van der Waals surface area contributed by atoms with Gasteiger partial charge in [-0.05, 0) is 30.5 Å². The topological polar surface area (TPSA) is 74.2 Å². The minimum absolute atomic E-state index is 0.0581. The Kier molecular flexibility index (Phi) is 3.35. The molecule has 0 atom stereocenters. The fraction of sp³-hybridized carbons (Fsp3) is 0.385. The molecule has 1 aliphatic rings. The Bertz CT molecular complexity index is 603. The van der Waals surface area contributed by atoms with Crippen LogP contribution in [0, 0.1) is 11.6 Å². The molecular weight excluding hydrogens is 268 g/mol. The van der Waals surface area contributed by atoms with Crippen LogP contribution < -0.4 is 10.5 Å². The fourth-order valence-corrected chi connectivity index (χ4v) is 1.84. The molecule has 0 aliphatic heterocycles. The highest BCUT2D eigenvalue weighted by atomic mass is 19.1. The lowest BCUT2D eigenvalue weighted by Crippen LogP contribution is -2.03. The van der Waals surface area contributed by atoms with E-state index in [1.165, 1.54) is 0 Å². The molecule has 0 unspecified atom stereocenters. The molecule has 5 nitrogen and oxygen atoms in total. The number of hydrogen-bond donors (Lipinski definition) is 1. The number of rotatable bonds is 5. The third-order valence-electron chi connectivity index (χ3n) is 3.06. The van der Waals surface area contributed by atoms with Crippen molar-refractivity contribution >= 4 is 0 Å². The van der Waals surface area contributed by atoms with Gasteiger partial charge >= 0.3 is 0 Å². The van der Waals surface area contributed by atoms with Gasteiger partial charge in [-0.1, -0.05) is 5.16 Å². The standard InChI is InChI=1S/C13H13F2N3O2/c14-9-3-7(5-16)4-10(15)12(9)19-6-11-17-13(18-20-11)8-1-2-8/h3-4,8H,1-2,5-6,16H2. The summed E-state index contributed by atoms with van der Waals surface area (Å²) < 4.78 is 37.4. The summed E-state index contributed by atoms with van der Waals surface area (Å²) in [6, 6.07) is 2.28. The van der Waals surface area contributed by atoms with Gasteiger partial charge < -0.3 is 15.0 Å². The molecule has 1 aromatic carbocycles. The zero-order valence-electron chi connectivity index (χ0n) is 10.6. The maximum Gasteiger partial charge on any atom is 0.264 e. The fourth-order valence-electron chi connectivity index (χ4n) is 1.84. The zero-order chi connectivity index (χ0) is 14.1. The van der Waals surface area contributed by atoms with Gasteiger partial charge in [0.15, 0.2) is 29.8 Å². The smallest absolute Gasteiger partial charge is 0.264 e. The average Bonchev–Trinajstić information content (AvgIpc) is 3.17. The van der Waals surface area contributed by atoms with Crippen LogP contribution in [-0.2, 0) is 13.2 Å². The van der Waals surface area contributed by atoms with Crippen molar-refractivity contribution < 1.29 is 18.0 Å². The second-order valence-corrected chi connectivity index (χ2v) is 4.70. The second kappa shape index (κ2) is 5.16. The highest BCUT2D eigenvalue weighted by Crippen LogP contribution is 2.38. The molecule has 2 aromatic rings. The first-order valence-electron chi connectivity index (χ1n) is 6.30. The number of ether oxygens (including phenoxy) is 1. The second-order valence-electron chi connectivity index (χ2n) is 4.70. The minimum Gasteiger partial charge on any atom is -0.478 e. The van der Waals surface area contributed by atoms with Gasteiger partial charge in [-0.15, -0.1) is 0 Å². The Hall–Kier alpha value is -2.02. The molecule has 2 N–H and O–H groups in total. The van der Waals surface area contributed by atoms with Crippen LogP contribution in [-0.4, -0.2) is 10.1 Å². The number of halogens is 2. The molecule has 1 aliphatic carbocycles. The molecular formula is C13H13F2N3O2.